The average molecular weight is 386 g/mol. The fourth-order valence-electron chi connectivity index (χ4n) is 2.55. The first-order chi connectivity index (χ1) is 13.4. The van der Waals surface area contributed by atoms with Crippen molar-refractivity contribution in [2.24, 2.45) is 0 Å². The Morgan fingerprint density at radius 1 is 1.04 bits per heavy atom. The van der Waals surface area contributed by atoms with Gasteiger partial charge in [0.05, 0.1) is 17.7 Å². The average Bonchev–Trinajstić information content (AvgIpc) is 3.07. The highest BCUT2D eigenvalue weighted by Crippen LogP contribution is 2.25. The van der Waals surface area contributed by atoms with Crippen molar-refractivity contribution in [3.05, 3.63) is 60.3 Å². The molecule has 0 bridgehead atoms. The van der Waals surface area contributed by atoms with Crippen molar-refractivity contribution < 1.29 is 23.2 Å². The second-order valence-electron chi connectivity index (χ2n) is 5.94. The van der Waals surface area contributed by atoms with Gasteiger partial charge in [0, 0.05) is 30.4 Å². The normalized spacial score (nSPS) is 10.5. The number of carbonyl (C=O) groups excluding carboxylic acids is 3. The third-order valence-electron chi connectivity index (χ3n) is 4.09. The number of aromatic amines is 1. The van der Waals surface area contributed by atoms with E-state index in [4.69, 9.17) is 0 Å². The lowest BCUT2D eigenvalue weighted by atomic mass is 10.2. The van der Waals surface area contributed by atoms with E-state index >= 15 is 0 Å². The second kappa shape index (κ2) is 7.87. The molecule has 0 atom stereocenters. The maximum absolute atomic E-state index is 13.4. The Hall–Kier alpha value is -3.75. The highest BCUT2D eigenvalue weighted by atomic mass is 19.2. The standard InChI is InChI=1S/C19H16F2N4O3/c1-25(11-5-3-2-4-6-11)17(26)10-23-18(27)19(28)24-16-9-22-15-8-14(21)13(20)7-12(15)16/h2-9,22H,10H2,1H3,(H,23,27)(H,24,28). The molecule has 3 amide bonds. The molecule has 0 fully saturated rings. The minimum atomic E-state index is -1.08. The van der Waals surface area contributed by atoms with E-state index in [0.29, 0.717) is 5.69 Å². The van der Waals surface area contributed by atoms with E-state index in [1.54, 1.807) is 37.4 Å². The van der Waals surface area contributed by atoms with E-state index in [0.717, 1.165) is 12.1 Å². The fraction of sp³-hybridized carbons (Fsp3) is 0.105. The van der Waals surface area contributed by atoms with E-state index in [2.05, 4.69) is 15.6 Å². The van der Waals surface area contributed by atoms with Crippen LogP contribution in [0, 0.1) is 11.6 Å². The lowest BCUT2D eigenvalue weighted by Gasteiger charge is -2.17. The molecule has 1 heterocycles. The molecule has 2 aromatic carbocycles. The van der Waals surface area contributed by atoms with Crippen LogP contribution >= 0.6 is 0 Å². The maximum atomic E-state index is 13.4. The Labute approximate surface area is 158 Å². The fourth-order valence-corrected chi connectivity index (χ4v) is 2.55. The number of nitrogens with zero attached hydrogens (tertiary/aromatic N) is 1. The van der Waals surface area contributed by atoms with E-state index in [1.165, 1.54) is 11.1 Å². The summed E-state index contributed by atoms with van der Waals surface area (Å²) in [6.45, 7) is -0.384. The van der Waals surface area contributed by atoms with Crippen molar-refractivity contribution >= 4 is 40.0 Å². The van der Waals surface area contributed by atoms with Gasteiger partial charge < -0.3 is 20.5 Å². The van der Waals surface area contributed by atoms with Gasteiger partial charge in [0.25, 0.3) is 0 Å². The lowest BCUT2D eigenvalue weighted by Crippen LogP contribution is -2.42. The number of benzene rings is 2. The highest BCUT2D eigenvalue weighted by molar-refractivity contribution is 6.40. The molecule has 0 aliphatic rings. The molecule has 0 spiro atoms. The number of anilines is 2. The molecule has 1 aromatic heterocycles. The predicted molar refractivity (Wildman–Crippen MR) is 99.7 cm³/mol. The smallest absolute Gasteiger partial charge is 0.313 e. The van der Waals surface area contributed by atoms with Crippen LogP contribution in [0.25, 0.3) is 10.9 Å². The number of hydrogen-bond acceptors (Lipinski definition) is 3. The van der Waals surface area contributed by atoms with Crippen LogP contribution in [0.15, 0.2) is 48.7 Å². The number of rotatable bonds is 4. The van der Waals surface area contributed by atoms with Gasteiger partial charge in [-0.15, -0.1) is 0 Å². The van der Waals surface area contributed by atoms with Gasteiger partial charge in [-0.2, -0.15) is 0 Å². The quantitative estimate of drug-likeness (QED) is 0.600. The maximum Gasteiger partial charge on any atom is 0.313 e. The van der Waals surface area contributed by atoms with Crippen LogP contribution in [0.4, 0.5) is 20.2 Å². The second-order valence-corrected chi connectivity index (χ2v) is 5.94. The highest BCUT2D eigenvalue weighted by Gasteiger charge is 2.19. The molecule has 9 heteroatoms. The van der Waals surface area contributed by atoms with Gasteiger partial charge in [-0.3, -0.25) is 14.4 Å². The molecular formula is C19H16F2N4O3. The largest absolute Gasteiger partial charge is 0.359 e. The molecule has 0 saturated carbocycles. The first-order valence-electron chi connectivity index (χ1n) is 8.23. The lowest BCUT2D eigenvalue weighted by molar-refractivity contribution is -0.136. The van der Waals surface area contributed by atoms with Crippen LogP contribution in [0.1, 0.15) is 0 Å². The number of aromatic nitrogens is 1. The summed E-state index contributed by atoms with van der Waals surface area (Å²) in [6, 6.07) is 10.6. The Morgan fingerprint density at radius 3 is 2.43 bits per heavy atom. The molecule has 7 nitrogen and oxygen atoms in total. The number of hydrogen-bond donors (Lipinski definition) is 3. The van der Waals surface area contributed by atoms with Crippen molar-refractivity contribution in [3.63, 3.8) is 0 Å². The number of fused-ring (bicyclic) bond motifs is 1. The van der Waals surface area contributed by atoms with E-state index < -0.39 is 29.4 Å². The molecule has 0 aliphatic carbocycles. The van der Waals surface area contributed by atoms with Crippen molar-refractivity contribution in [1.29, 1.82) is 0 Å². The number of likely N-dealkylation sites (N-methyl/N-ethyl adjacent to an activating group) is 1. The SMILES string of the molecule is CN(C(=O)CNC(=O)C(=O)Nc1c[nH]c2cc(F)c(F)cc12)c1ccccc1. The van der Waals surface area contributed by atoms with Gasteiger partial charge in [0.15, 0.2) is 11.6 Å². The number of carbonyl (C=O) groups is 3. The summed E-state index contributed by atoms with van der Waals surface area (Å²) < 4.78 is 26.6. The number of amides is 3. The number of para-hydroxylation sites is 1. The van der Waals surface area contributed by atoms with E-state index in [9.17, 15) is 23.2 Å². The third kappa shape index (κ3) is 3.98. The van der Waals surface area contributed by atoms with Crippen LogP contribution in [0.5, 0.6) is 0 Å². The molecule has 0 aliphatic heterocycles. The number of halogens is 2. The summed E-state index contributed by atoms with van der Waals surface area (Å²) in [7, 11) is 1.55. The van der Waals surface area contributed by atoms with Crippen molar-refractivity contribution in [2.75, 3.05) is 23.8 Å². The first kappa shape index (κ1) is 19.0. The Bertz CT molecular complexity index is 1050. The Balaban J connectivity index is 1.60. The summed E-state index contributed by atoms with van der Waals surface area (Å²) in [4.78, 5) is 40.1. The number of H-pyrrole nitrogens is 1. The number of nitrogens with one attached hydrogen (secondary N) is 3. The molecule has 28 heavy (non-hydrogen) atoms. The molecule has 3 aromatic rings. The summed E-state index contributed by atoms with van der Waals surface area (Å²) in [5.74, 6) is -4.61. The molecule has 144 valence electrons. The van der Waals surface area contributed by atoms with Gasteiger partial charge in [0.1, 0.15) is 0 Å². The zero-order valence-corrected chi connectivity index (χ0v) is 14.8. The summed E-state index contributed by atoms with van der Waals surface area (Å²) in [5.41, 5.74) is 1.01. The van der Waals surface area contributed by atoms with Crippen LogP contribution in [0.3, 0.4) is 0 Å². The molecule has 3 N–H and O–H groups in total. The van der Waals surface area contributed by atoms with E-state index in [-0.39, 0.29) is 23.1 Å². The minimum Gasteiger partial charge on any atom is -0.359 e. The predicted octanol–water partition coefficient (Wildman–Crippen LogP) is 2.16. The van der Waals surface area contributed by atoms with Gasteiger partial charge in [-0.05, 0) is 18.2 Å². The van der Waals surface area contributed by atoms with Gasteiger partial charge >= 0.3 is 11.8 Å². The summed E-state index contributed by atoms with van der Waals surface area (Å²) >= 11 is 0. The van der Waals surface area contributed by atoms with Crippen LogP contribution < -0.4 is 15.5 Å². The Kier molecular flexibility index (Phi) is 5.35. The minimum absolute atomic E-state index is 0.113. The van der Waals surface area contributed by atoms with Crippen LogP contribution in [-0.2, 0) is 14.4 Å². The molecule has 0 unspecified atom stereocenters. The first-order valence-corrected chi connectivity index (χ1v) is 8.23. The molecular weight excluding hydrogens is 370 g/mol. The van der Waals surface area contributed by atoms with Crippen LogP contribution in [0.2, 0.25) is 0 Å². The van der Waals surface area contributed by atoms with Gasteiger partial charge in [-0.25, -0.2) is 8.78 Å². The monoisotopic (exact) mass is 386 g/mol. The summed E-state index contributed by atoms with van der Waals surface area (Å²) in [6.07, 6.45) is 1.31. The van der Waals surface area contributed by atoms with Crippen LogP contribution in [-0.4, -0.2) is 36.3 Å². The molecule has 0 saturated heterocycles. The van der Waals surface area contributed by atoms with Crippen molar-refractivity contribution in [3.8, 4) is 0 Å². The van der Waals surface area contributed by atoms with Crippen molar-refractivity contribution in [2.45, 2.75) is 0 Å². The van der Waals surface area contributed by atoms with Crippen molar-refractivity contribution in [1.82, 2.24) is 10.3 Å². The zero-order chi connectivity index (χ0) is 20.3. The molecule has 3 rings (SSSR count). The topological polar surface area (TPSA) is 94.3 Å². The Morgan fingerprint density at radius 2 is 1.71 bits per heavy atom. The zero-order valence-electron chi connectivity index (χ0n) is 14.8. The summed E-state index contributed by atoms with van der Waals surface area (Å²) in [5, 5.41) is 4.74. The third-order valence-corrected chi connectivity index (χ3v) is 4.09. The van der Waals surface area contributed by atoms with Gasteiger partial charge in [0.2, 0.25) is 5.91 Å². The van der Waals surface area contributed by atoms with E-state index in [1.807, 2.05) is 0 Å². The van der Waals surface area contributed by atoms with Gasteiger partial charge in [-0.1, -0.05) is 18.2 Å². The molecule has 0 radical (unpaired) electrons.